The van der Waals surface area contributed by atoms with Crippen LogP contribution in [0.25, 0.3) is 5.69 Å². The molecule has 3 rings (SSSR count). The summed E-state index contributed by atoms with van der Waals surface area (Å²) in [5, 5.41) is 4.96. The van der Waals surface area contributed by atoms with Gasteiger partial charge in [0, 0.05) is 0 Å². The molecule has 1 fully saturated rings. The summed E-state index contributed by atoms with van der Waals surface area (Å²) in [5.74, 6) is 0.182. The first kappa shape index (κ1) is 20.6. The van der Waals surface area contributed by atoms with Crippen LogP contribution in [0.2, 0.25) is 0 Å². The fourth-order valence-electron chi connectivity index (χ4n) is 4.17. The molecule has 2 aromatic rings. The Morgan fingerprint density at radius 1 is 1.07 bits per heavy atom. The SMILES string of the molecule is CCCc1nn(-c2ccccc2C)c(CCC)c1C(=O)N1CC[NH+](CC)CC1. The fraction of sp³-hybridized carbons (Fsp3) is 0.565. The molecule has 1 amide bonds. The van der Waals surface area contributed by atoms with E-state index in [1.165, 1.54) is 5.56 Å². The molecule has 5 heteroatoms. The smallest absolute Gasteiger partial charge is 0.258 e. The number of aryl methyl sites for hydroxylation is 2. The van der Waals surface area contributed by atoms with Gasteiger partial charge in [-0.15, -0.1) is 0 Å². The second kappa shape index (κ2) is 9.37. The third kappa shape index (κ3) is 4.14. The van der Waals surface area contributed by atoms with Gasteiger partial charge in [-0.1, -0.05) is 44.9 Å². The van der Waals surface area contributed by atoms with Gasteiger partial charge in [0.1, 0.15) is 0 Å². The molecule has 28 heavy (non-hydrogen) atoms. The van der Waals surface area contributed by atoms with Crippen LogP contribution < -0.4 is 4.90 Å². The van der Waals surface area contributed by atoms with Crippen molar-refractivity contribution in [1.82, 2.24) is 14.7 Å². The first-order valence-corrected chi connectivity index (χ1v) is 10.9. The summed E-state index contributed by atoms with van der Waals surface area (Å²) in [6.45, 7) is 13.6. The van der Waals surface area contributed by atoms with Crippen LogP contribution in [0.1, 0.15) is 60.9 Å². The van der Waals surface area contributed by atoms with Crippen LogP contribution in [0.5, 0.6) is 0 Å². The minimum absolute atomic E-state index is 0.182. The Hall–Kier alpha value is -2.14. The number of quaternary nitrogens is 1. The van der Waals surface area contributed by atoms with Gasteiger partial charge in [-0.25, -0.2) is 4.68 Å². The maximum Gasteiger partial charge on any atom is 0.258 e. The molecule has 1 aromatic heterocycles. The molecule has 0 spiro atoms. The Morgan fingerprint density at radius 2 is 1.75 bits per heavy atom. The van der Waals surface area contributed by atoms with Gasteiger partial charge in [-0.05, 0) is 38.3 Å². The summed E-state index contributed by atoms with van der Waals surface area (Å²) in [7, 11) is 0. The van der Waals surface area contributed by atoms with Crippen molar-refractivity contribution in [2.45, 2.75) is 53.4 Å². The van der Waals surface area contributed by atoms with Gasteiger partial charge >= 0.3 is 0 Å². The topological polar surface area (TPSA) is 42.6 Å². The molecule has 1 aromatic carbocycles. The Labute approximate surface area is 169 Å². The normalized spacial score (nSPS) is 15.2. The summed E-state index contributed by atoms with van der Waals surface area (Å²) in [4.78, 5) is 17.2. The van der Waals surface area contributed by atoms with Crippen LogP contribution >= 0.6 is 0 Å². The summed E-state index contributed by atoms with van der Waals surface area (Å²) < 4.78 is 2.05. The Kier molecular flexibility index (Phi) is 6.89. The number of amides is 1. The molecule has 0 aliphatic carbocycles. The van der Waals surface area contributed by atoms with E-state index in [9.17, 15) is 4.79 Å². The number of nitrogens with one attached hydrogen (secondary N) is 1. The minimum Gasteiger partial charge on any atom is -0.332 e. The lowest BCUT2D eigenvalue weighted by molar-refractivity contribution is -0.902. The summed E-state index contributed by atoms with van der Waals surface area (Å²) >= 11 is 0. The van der Waals surface area contributed by atoms with Gasteiger partial charge < -0.3 is 9.80 Å². The highest BCUT2D eigenvalue weighted by Crippen LogP contribution is 2.25. The number of carbonyl (C=O) groups is 1. The summed E-state index contributed by atoms with van der Waals surface area (Å²) in [5.41, 5.74) is 5.18. The lowest BCUT2D eigenvalue weighted by atomic mass is 10.0. The summed E-state index contributed by atoms with van der Waals surface area (Å²) in [6, 6.07) is 8.32. The molecular formula is C23H35N4O+. The zero-order valence-electron chi connectivity index (χ0n) is 17.9. The van der Waals surface area contributed by atoms with Crippen LogP contribution in [0, 0.1) is 6.92 Å². The molecule has 1 N–H and O–H groups in total. The number of hydrogen-bond donors (Lipinski definition) is 1. The molecule has 0 unspecified atom stereocenters. The van der Waals surface area contributed by atoms with E-state index >= 15 is 0 Å². The van der Waals surface area contributed by atoms with E-state index in [1.54, 1.807) is 4.90 Å². The van der Waals surface area contributed by atoms with E-state index < -0.39 is 0 Å². The molecule has 5 nitrogen and oxygen atoms in total. The van der Waals surface area contributed by atoms with Crippen molar-refractivity contribution in [2.24, 2.45) is 0 Å². The third-order valence-electron chi connectivity index (χ3n) is 5.84. The predicted octanol–water partition coefficient (Wildman–Crippen LogP) is 2.45. The molecule has 0 bridgehead atoms. The van der Waals surface area contributed by atoms with Crippen LogP contribution in [-0.4, -0.2) is 53.3 Å². The molecule has 1 saturated heterocycles. The molecule has 0 atom stereocenters. The lowest BCUT2D eigenvalue weighted by Crippen LogP contribution is -3.14. The molecule has 2 heterocycles. The van der Waals surface area contributed by atoms with E-state index in [2.05, 4.69) is 50.8 Å². The average molecular weight is 384 g/mol. The number of piperazine rings is 1. The zero-order chi connectivity index (χ0) is 20.1. The third-order valence-corrected chi connectivity index (χ3v) is 5.84. The fourth-order valence-corrected chi connectivity index (χ4v) is 4.17. The van der Waals surface area contributed by atoms with Gasteiger partial charge in [0.25, 0.3) is 5.91 Å². The number of nitrogens with zero attached hydrogens (tertiary/aromatic N) is 3. The highest BCUT2D eigenvalue weighted by Gasteiger charge is 2.30. The first-order chi connectivity index (χ1) is 13.6. The van der Waals surface area contributed by atoms with Crippen LogP contribution in [-0.2, 0) is 12.8 Å². The Balaban J connectivity index is 2.03. The van der Waals surface area contributed by atoms with Crippen molar-refractivity contribution in [1.29, 1.82) is 0 Å². The second-order valence-electron chi connectivity index (χ2n) is 7.86. The highest BCUT2D eigenvalue weighted by atomic mass is 16.2. The van der Waals surface area contributed by atoms with E-state index in [1.807, 2.05) is 10.7 Å². The van der Waals surface area contributed by atoms with Crippen LogP contribution in [0.3, 0.4) is 0 Å². The van der Waals surface area contributed by atoms with Gasteiger partial charge in [-0.3, -0.25) is 4.79 Å². The Bertz CT molecular complexity index is 803. The highest BCUT2D eigenvalue weighted by molar-refractivity contribution is 5.97. The van der Waals surface area contributed by atoms with Crippen molar-refractivity contribution in [3.05, 3.63) is 46.8 Å². The Morgan fingerprint density at radius 3 is 2.36 bits per heavy atom. The number of aromatic nitrogens is 2. The predicted molar refractivity (Wildman–Crippen MR) is 113 cm³/mol. The standard InChI is InChI=1S/C23H34N4O/c1-5-10-19-22(23(28)26-16-14-25(7-3)15-17-26)21(11-6-2)27(24-19)20-13-9-8-12-18(20)4/h8-9,12-13H,5-7,10-11,14-17H2,1-4H3/p+1. The van der Waals surface area contributed by atoms with Gasteiger partial charge in [0.2, 0.25) is 0 Å². The van der Waals surface area contributed by atoms with Crippen molar-refractivity contribution in [3.8, 4) is 5.69 Å². The molecule has 0 saturated carbocycles. The lowest BCUT2D eigenvalue weighted by Gasteiger charge is -2.31. The van der Waals surface area contributed by atoms with E-state index in [4.69, 9.17) is 5.10 Å². The van der Waals surface area contributed by atoms with Crippen molar-refractivity contribution in [2.75, 3.05) is 32.7 Å². The quantitative estimate of drug-likeness (QED) is 0.798. The monoisotopic (exact) mass is 383 g/mol. The molecule has 1 aliphatic heterocycles. The van der Waals surface area contributed by atoms with E-state index in [-0.39, 0.29) is 5.91 Å². The average Bonchev–Trinajstić information content (AvgIpc) is 3.06. The van der Waals surface area contributed by atoms with Gasteiger partial charge in [-0.2, -0.15) is 5.10 Å². The largest absolute Gasteiger partial charge is 0.332 e. The second-order valence-corrected chi connectivity index (χ2v) is 7.86. The van der Waals surface area contributed by atoms with E-state index in [0.29, 0.717) is 0 Å². The number of para-hydroxylation sites is 1. The maximum atomic E-state index is 13.6. The minimum atomic E-state index is 0.182. The molecular weight excluding hydrogens is 348 g/mol. The van der Waals surface area contributed by atoms with Crippen LogP contribution in [0.4, 0.5) is 0 Å². The number of likely N-dealkylation sites (N-methyl/N-ethyl adjacent to an activating group) is 1. The molecule has 152 valence electrons. The maximum absolute atomic E-state index is 13.6. The molecule has 0 radical (unpaired) electrons. The number of hydrogen-bond acceptors (Lipinski definition) is 2. The van der Waals surface area contributed by atoms with Crippen molar-refractivity contribution >= 4 is 5.91 Å². The number of rotatable bonds is 7. The van der Waals surface area contributed by atoms with E-state index in [0.717, 1.165) is 81.0 Å². The molecule has 1 aliphatic rings. The van der Waals surface area contributed by atoms with Gasteiger partial charge in [0.05, 0.1) is 55.4 Å². The van der Waals surface area contributed by atoms with Gasteiger partial charge in [0.15, 0.2) is 0 Å². The van der Waals surface area contributed by atoms with Crippen molar-refractivity contribution in [3.63, 3.8) is 0 Å². The van der Waals surface area contributed by atoms with Crippen LogP contribution in [0.15, 0.2) is 24.3 Å². The van der Waals surface area contributed by atoms with Crippen molar-refractivity contribution < 1.29 is 9.69 Å². The number of carbonyl (C=O) groups excluding carboxylic acids is 1. The zero-order valence-corrected chi connectivity index (χ0v) is 17.9. The number of benzene rings is 1. The summed E-state index contributed by atoms with van der Waals surface area (Å²) in [6.07, 6.45) is 3.70. The first-order valence-electron chi connectivity index (χ1n) is 10.9.